The quantitative estimate of drug-likeness (QED) is 0.896. The van der Waals surface area contributed by atoms with E-state index in [2.05, 4.69) is 0 Å². The first-order valence-electron chi connectivity index (χ1n) is 5.73. The molecule has 0 spiro atoms. The lowest BCUT2D eigenvalue weighted by Crippen LogP contribution is -2.23. The van der Waals surface area contributed by atoms with Crippen LogP contribution in [0.2, 0.25) is 0 Å². The monoisotopic (exact) mass is 254 g/mol. The molecule has 18 heavy (non-hydrogen) atoms. The molecule has 0 fully saturated rings. The van der Waals surface area contributed by atoms with Gasteiger partial charge in [0.1, 0.15) is 0 Å². The predicted octanol–water partition coefficient (Wildman–Crippen LogP) is 2.03. The molecule has 1 aliphatic carbocycles. The first-order valence-corrected chi connectivity index (χ1v) is 5.73. The zero-order valence-electron chi connectivity index (χ0n) is 10.3. The Morgan fingerprint density at radius 2 is 2.17 bits per heavy atom. The Balaban J connectivity index is 2.46. The smallest absolute Gasteiger partial charge is 0.306 e. The van der Waals surface area contributed by atoms with Gasteiger partial charge in [-0.25, -0.2) is 4.39 Å². The van der Waals surface area contributed by atoms with Crippen molar-refractivity contribution < 1.29 is 23.8 Å². The van der Waals surface area contributed by atoms with Gasteiger partial charge in [-0.05, 0) is 36.5 Å². The Kier molecular flexibility index (Phi) is 3.41. The number of carbonyl (C=O) groups is 1. The van der Waals surface area contributed by atoms with E-state index in [1.54, 1.807) is 6.07 Å². The standard InChI is InChI=1S/C13H15FO4/c1-17-10-6-8-5-7(13(15)16)3-4-9(8)11(14)12(10)18-2/h6-7H,3-5H2,1-2H3,(H,15,16)/t7-/m0/s1. The van der Waals surface area contributed by atoms with Gasteiger partial charge < -0.3 is 14.6 Å². The van der Waals surface area contributed by atoms with Gasteiger partial charge in [0, 0.05) is 0 Å². The molecule has 0 aromatic heterocycles. The summed E-state index contributed by atoms with van der Waals surface area (Å²) in [7, 11) is 2.82. The van der Waals surface area contributed by atoms with E-state index in [-0.39, 0.29) is 5.75 Å². The van der Waals surface area contributed by atoms with Crippen LogP contribution in [0, 0.1) is 11.7 Å². The van der Waals surface area contributed by atoms with E-state index in [0.717, 1.165) is 0 Å². The minimum atomic E-state index is -0.837. The van der Waals surface area contributed by atoms with Gasteiger partial charge in [-0.2, -0.15) is 0 Å². The van der Waals surface area contributed by atoms with Crippen molar-refractivity contribution in [2.75, 3.05) is 14.2 Å². The third-order valence-electron chi connectivity index (χ3n) is 3.36. The fourth-order valence-corrected chi connectivity index (χ4v) is 2.39. The van der Waals surface area contributed by atoms with Crippen LogP contribution in [-0.2, 0) is 17.6 Å². The van der Waals surface area contributed by atoms with Crippen molar-refractivity contribution in [3.63, 3.8) is 0 Å². The number of halogens is 1. The van der Waals surface area contributed by atoms with Crippen molar-refractivity contribution in [1.82, 2.24) is 0 Å². The number of methoxy groups -OCH3 is 2. The summed E-state index contributed by atoms with van der Waals surface area (Å²) in [4.78, 5) is 11.0. The van der Waals surface area contributed by atoms with Crippen molar-refractivity contribution in [3.8, 4) is 11.5 Å². The zero-order chi connectivity index (χ0) is 13.3. The molecule has 0 amide bonds. The maximum Gasteiger partial charge on any atom is 0.306 e. The fourth-order valence-electron chi connectivity index (χ4n) is 2.39. The van der Waals surface area contributed by atoms with Gasteiger partial charge in [0.05, 0.1) is 20.1 Å². The van der Waals surface area contributed by atoms with E-state index >= 15 is 0 Å². The summed E-state index contributed by atoms with van der Waals surface area (Å²) in [5, 5.41) is 9.01. The lowest BCUT2D eigenvalue weighted by atomic mass is 9.83. The first kappa shape index (κ1) is 12.7. The second kappa shape index (κ2) is 4.84. The van der Waals surface area contributed by atoms with Crippen LogP contribution in [0.4, 0.5) is 4.39 Å². The van der Waals surface area contributed by atoms with E-state index in [0.29, 0.717) is 36.1 Å². The molecule has 4 nitrogen and oxygen atoms in total. The molecule has 1 aromatic rings. The minimum Gasteiger partial charge on any atom is -0.493 e. The Hall–Kier alpha value is -1.78. The number of carboxylic acid groups (broad SMARTS) is 1. The Labute approximate surface area is 104 Å². The van der Waals surface area contributed by atoms with Crippen molar-refractivity contribution >= 4 is 5.97 Å². The van der Waals surface area contributed by atoms with Crippen LogP contribution >= 0.6 is 0 Å². The molecule has 2 rings (SSSR count). The van der Waals surface area contributed by atoms with Crippen LogP contribution in [0.5, 0.6) is 11.5 Å². The highest BCUT2D eigenvalue weighted by Gasteiger charge is 2.29. The highest BCUT2D eigenvalue weighted by Crippen LogP contribution is 2.38. The molecule has 0 aliphatic heterocycles. The van der Waals surface area contributed by atoms with E-state index in [1.165, 1.54) is 14.2 Å². The van der Waals surface area contributed by atoms with E-state index in [4.69, 9.17) is 14.6 Å². The van der Waals surface area contributed by atoms with Crippen LogP contribution in [0.1, 0.15) is 17.5 Å². The summed E-state index contributed by atoms with van der Waals surface area (Å²) >= 11 is 0. The number of hydrogen-bond donors (Lipinski definition) is 1. The van der Waals surface area contributed by atoms with Crippen LogP contribution in [0.3, 0.4) is 0 Å². The van der Waals surface area contributed by atoms with Gasteiger partial charge in [0.25, 0.3) is 0 Å². The van der Waals surface area contributed by atoms with Crippen molar-refractivity contribution in [2.24, 2.45) is 5.92 Å². The highest BCUT2D eigenvalue weighted by molar-refractivity contribution is 5.71. The average molecular weight is 254 g/mol. The topological polar surface area (TPSA) is 55.8 Å². The van der Waals surface area contributed by atoms with Gasteiger partial charge in [0.15, 0.2) is 17.3 Å². The average Bonchev–Trinajstić information content (AvgIpc) is 2.37. The molecule has 98 valence electrons. The first-order chi connectivity index (χ1) is 8.58. The fraction of sp³-hybridized carbons (Fsp3) is 0.462. The van der Waals surface area contributed by atoms with Crippen LogP contribution in [0.25, 0.3) is 0 Å². The number of ether oxygens (including phenoxy) is 2. The molecule has 0 saturated carbocycles. The van der Waals surface area contributed by atoms with E-state index < -0.39 is 17.7 Å². The zero-order valence-corrected chi connectivity index (χ0v) is 10.3. The molecule has 0 radical (unpaired) electrons. The van der Waals surface area contributed by atoms with Gasteiger partial charge >= 0.3 is 5.97 Å². The van der Waals surface area contributed by atoms with E-state index in [9.17, 15) is 9.18 Å². The number of hydrogen-bond acceptors (Lipinski definition) is 3. The van der Waals surface area contributed by atoms with Crippen molar-refractivity contribution in [1.29, 1.82) is 0 Å². The second-order valence-corrected chi connectivity index (χ2v) is 4.34. The number of aliphatic carboxylic acids is 1. The minimum absolute atomic E-state index is 0.0880. The maximum absolute atomic E-state index is 14.2. The molecule has 0 bridgehead atoms. The largest absolute Gasteiger partial charge is 0.493 e. The third-order valence-corrected chi connectivity index (χ3v) is 3.36. The molecule has 0 unspecified atom stereocenters. The molecule has 5 heteroatoms. The summed E-state index contributed by atoms with van der Waals surface area (Å²) in [5.74, 6) is -1.33. The molecular formula is C13H15FO4. The van der Waals surface area contributed by atoms with Crippen molar-refractivity contribution in [2.45, 2.75) is 19.3 Å². The van der Waals surface area contributed by atoms with Gasteiger partial charge in [-0.15, -0.1) is 0 Å². The molecule has 1 aliphatic rings. The van der Waals surface area contributed by atoms with Gasteiger partial charge in [-0.3, -0.25) is 4.79 Å². The summed E-state index contributed by atoms with van der Waals surface area (Å²) in [6.45, 7) is 0. The molecule has 0 saturated heterocycles. The number of carboxylic acids is 1. The predicted molar refractivity (Wildman–Crippen MR) is 62.7 cm³/mol. The Morgan fingerprint density at radius 1 is 1.44 bits per heavy atom. The van der Waals surface area contributed by atoms with E-state index in [1.807, 2.05) is 0 Å². The van der Waals surface area contributed by atoms with Crippen LogP contribution in [-0.4, -0.2) is 25.3 Å². The second-order valence-electron chi connectivity index (χ2n) is 4.34. The maximum atomic E-state index is 14.2. The van der Waals surface area contributed by atoms with Gasteiger partial charge in [0.2, 0.25) is 0 Å². The summed E-state index contributed by atoms with van der Waals surface area (Å²) in [6, 6.07) is 1.67. The number of rotatable bonds is 3. The lowest BCUT2D eigenvalue weighted by molar-refractivity contribution is -0.142. The lowest BCUT2D eigenvalue weighted by Gasteiger charge is -2.23. The number of benzene rings is 1. The highest BCUT2D eigenvalue weighted by atomic mass is 19.1. The summed E-state index contributed by atoms with van der Waals surface area (Å²) in [6.07, 6.45) is 1.20. The molecule has 1 N–H and O–H groups in total. The third kappa shape index (κ3) is 2.00. The SMILES string of the molecule is COc1cc2c(c(F)c1OC)CC[C@H](C(=O)O)C2. The Morgan fingerprint density at radius 3 is 2.72 bits per heavy atom. The normalized spacial score (nSPS) is 18.1. The molecule has 1 aromatic carbocycles. The van der Waals surface area contributed by atoms with Crippen LogP contribution < -0.4 is 9.47 Å². The van der Waals surface area contributed by atoms with Crippen molar-refractivity contribution in [3.05, 3.63) is 23.0 Å². The molecule has 1 atom stereocenters. The summed E-state index contributed by atoms with van der Waals surface area (Å²) < 4.78 is 24.2. The number of fused-ring (bicyclic) bond motifs is 1. The Bertz CT molecular complexity index is 484. The van der Waals surface area contributed by atoms with Gasteiger partial charge in [-0.1, -0.05) is 0 Å². The molecular weight excluding hydrogens is 239 g/mol. The summed E-state index contributed by atoms with van der Waals surface area (Å²) in [5.41, 5.74) is 1.24. The van der Waals surface area contributed by atoms with Crippen LogP contribution in [0.15, 0.2) is 6.07 Å². The molecule has 0 heterocycles.